The summed E-state index contributed by atoms with van der Waals surface area (Å²) < 4.78 is 31.7. The Morgan fingerprint density at radius 2 is 1.96 bits per heavy atom. The van der Waals surface area contributed by atoms with Crippen molar-refractivity contribution >= 4 is 21.5 Å². The van der Waals surface area contributed by atoms with Crippen LogP contribution in [0.5, 0.6) is 0 Å². The number of Topliss-reactive ketones (excluding diaryl/α,β-unsaturated/α-hetero) is 1. The fraction of sp³-hybridized carbons (Fsp3) is 0.353. The van der Waals surface area contributed by atoms with E-state index in [0.29, 0.717) is 11.3 Å². The van der Waals surface area contributed by atoms with Crippen molar-refractivity contribution < 1.29 is 17.6 Å². The summed E-state index contributed by atoms with van der Waals surface area (Å²) in [6.07, 6.45) is 2.96. The van der Waals surface area contributed by atoms with Crippen LogP contribution in [0.4, 0.5) is 5.69 Å². The van der Waals surface area contributed by atoms with Gasteiger partial charge in [-0.1, -0.05) is 12.1 Å². The van der Waals surface area contributed by atoms with E-state index in [0.717, 1.165) is 25.9 Å². The van der Waals surface area contributed by atoms with E-state index in [9.17, 15) is 13.2 Å². The lowest BCUT2D eigenvalue weighted by molar-refractivity contribution is 0.0857. The first-order valence-electron chi connectivity index (χ1n) is 7.85. The Hall–Kier alpha value is -2.12. The van der Waals surface area contributed by atoms with Crippen molar-refractivity contribution in [3.05, 3.63) is 48.2 Å². The molecule has 0 unspecified atom stereocenters. The molecular weight excluding hydrogens is 328 g/mol. The molecule has 1 saturated heterocycles. The molecular formula is C17H20N2O4S. The van der Waals surface area contributed by atoms with Gasteiger partial charge in [0.2, 0.25) is 5.09 Å². The molecule has 0 radical (unpaired) electrons. The molecule has 24 heavy (non-hydrogen) atoms. The van der Waals surface area contributed by atoms with Crippen molar-refractivity contribution in [3.63, 3.8) is 0 Å². The lowest BCUT2D eigenvalue weighted by atomic mass is 9.89. The molecule has 1 aliphatic heterocycles. The number of furan rings is 1. The maximum atomic E-state index is 12.6. The van der Waals surface area contributed by atoms with Crippen LogP contribution >= 0.6 is 0 Å². The first kappa shape index (κ1) is 16.7. The van der Waals surface area contributed by atoms with Crippen LogP contribution in [0.2, 0.25) is 0 Å². The molecule has 6 nitrogen and oxygen atoms in total. The van der Waals surface area contributed by atoms with Gasteiger partial charge in [-0.2, -0.15) is 8.42 Å². The number of likely N-dealkylation sites (tertiary alicyclic amines) is 1. The molecule has 0 saturated carbocycles. The number of nitrogens with zero attached hydrogens (tertiary/aromatic N) is 1. The molecule has 0 aliphatic carbocycles. The number of hydrogen-bond acceptors (Lipinski definition) is 5. The number of anilines is 1. The third-order valence-electron chi connectivity index (χ3n) is 4.25. The standard InChI is InChI=1S/C17H20N2O4S/c1-19-9-7-13(8-10-19)17(20)14-4-2-5-15(12-14)18-24(21,22)16-6-3-11-23-16/h2-6,11-13,18H,7-10H2,1H3. The molecule has 0 atom stereocenters. The highest BCUT2D eigenvalue weighted by Gasteiger charge is 2.25. The molecule has 1 aromatic heterocycles. The predicted octanol–water partition coefficient (Wildman–Crippen LogP) is 2.60. The van der Waals surface area contributed by atoms with E-state index >= 15 is 0 Å². The van der Waals surface area contributed by atoms with Gasteiger partial charge in [-0.3, -0.25) is 9.52 Å². The minimum absolute atomic E-state index is 0.00173. The summed E-state index contributed by atoms with van der Waals surface area (Å²) in [7, 11) is -1.73. The maximum Gasteiger partial charge on any atom is 0.295 e. The highest BCUT2D eigenvalue weighted by Crippen LogP contribution is 2.23. The number of carbonyl (C=O) groups is 1. The van der Waals surface area contributed by atoms with Gasteiger partial charge in [0.05, 0.1) is 6.26 Å². The van der Waals surface area contributed by atoms with Gasteiger partial charge >= 0.3 is 0 Å². The Labute approximate surface area is 141 Å². The molecule has 0 amide bonds. The van der Waals surface area contributed by atoms with Gasteiger partial charge < -0.3 is 9.32 Å². The monoisotopic (exact) mass is 348 g/mol. The summed E-state index contributed by atoms with van der Waals surface area (Å²) in [6, 6.07) is 9.49. The quantitative estimate of drug-likeness (QED) is 0.840. The number of carbonyl (C=O) groups excluding carboxylic acids is 1. The molecule has 3 rings (SSSR count). The van der Waals surface area contributed by atoms with E-state index in [2.05, 4.69) is 9.62 Å². The fourth-order valence-corrected chi connectivity index (χ4v) is 3.84. The lowest BCUT2D eigenvalue weighted by Crippen LogP contribution is -2.33. The minimum atomic E-state index is -3.78. The number of benzene rings is 1. The highest BCUT2D eigenvalue weighted by molar-refractivity contribution is 7.92. The average molecular weight is 348 g/mol. The molecule has 1 fully saturated rings. The Bertz CT molecular complexity index is 807. The molecule has 2 aromatic rings. The van der Waals surface area contributed by atoms with Gasteiger partial charge in [-0.05, 0) is 57.2 Å². The number of ketones is 1. The molecule has 1 aliphatic rings. The summed E-state index contributed by atoms with van der Waals surface area (Å²) >= 11 is 0. The van der Waals surface area contributed by atoms with Gasteiger partial charge in [0.25, 0.3) is 10.0 Å². The van der Waals surface area contributed by atoms with Crippen molar-refractivity contribution in [2.45, 2.75) is 17.9 Å². The Balaban J connectivity index is 1.76. The van der Waals surface area contributed by atoms with E-state index in [-0.39, 0.29) is 16.8 Å². The first-order valence-corrected chi connectivity index (χ1v) is 9.33. The Morgan fingerprint density at radius 3 is 2.62 bits per heavy atom. The fourth-order valence-electron chi connectivity index (χ4n) is 2.86. The van der Waals surface area contributed by atoms with Crippen LogP contribution in [0.3, 0.4) is 0 Å². The van der Waals surface area contributed by atoms with Crippen LogP contribution in [-0.2, 0) is 10.0 Å². The maximum absolute atomic E-state index is 12.6. The minimum Gasteiger partial charge on any atom is -0.451 e. The second kappa shape index (κ2) is 6.78. The smallest absolute Gasteiger partial charge is 0.295 e. The zero-order valence-corrected chi connectivity index (χ0v) is 14.3. The molecule has 1 aromatic carbocycles. The number of rotatable bonds is 5. The van der Waals surface area contributed by atoms with E-state index in [1.165, 1.54) is 18.4 Å². The van der Waals surface area contributed by atoms with Crippen LogP contribution in [-0.4, -0.2) is 39.2 Å². The normalized spacial score (nSPS) is 16.9. The lowest BCUT2D eigenvalue weighted by Gasteiger charge is -2.28. The van der Waals surface area contributed by atoms with Crippen LogP contribution in [0.1, 0.15) is 23.2 Å². The third kappa shape index (κ3) is 3.68. The Morgan fingerprint density at radius 1 is 1.21 bits per heavy atom. The van der Waals surface area contributed by atoms with E-state index in [1.807, 2.05) is 7.05 Å². The predicted molar refractivity (Wildman–Crippen MR) is 90.5 cm³/mol. The third-order valence-corrected chi connectivity index (χ3v) is 5.52. The van der Waals surface area contributed by atoms with Crippen LogP contribution in [0.25, 0.3) is 0 Å². The summed E-state index contributed by atoms with van der Waals surface area (Å²) in [4.78, 5) is 14.8. The zero-order valence-electron chi connectivity index (χ0n) is 13.4. The second-order valence-electron chi connectivity index (χ2n) is 6.06. The summed E-state index contributed by atoms with van der Waals surface area (Å²) in [6.45, 7) is 1.81. The van der Waals surface area contributed by atoms with Gasteiger partial charge in [-0.25, -0.2) is 0 Å². The SMILES string of the molecule is CN1CCC(C(=O)c2cccc(NS(=O)(=O)c3ccco3)c2)CC1. The molecule has 2 heterocycles. The van der Waals surface area contributed by atoms with E-state index < -0.39 is 10.0 Å². The molecule has 0 spiro atoms. The number of piperidine rings is 1. The number of nitrogens with one attached hydrogen (secondary N) is 1. The van der Waals surface area contributed by atoms with Gasteiger partial charge in [0.15, 0.2) is 5.78 Å². The van der Waals surface area contributed by atoms with Crippen molar-refractivity contribution in [1.82, 2.24) is 4.90 Å². The zero-order chi connectivity index (χ0) is 17.2. The largest absolute Gasteiger partial charge is 0.451 e. The first-order chi connectivity index (χ1) is 11.5. The van der Waals surface area contributed by atoms with Gasteiger partial charge in [-0.15, -0.1) is 0 Å². The van der Waals surface area contributed by atoms with Gasteiger partial charge in [0.1, 0.15) is 0 Å². The number of sulfonamides is 1. The highest BCUT2D eigenvalue weighted by atomic mass is 32.2. The van der Waals surface area contributed by atoms with Crippen molar-refractivity contribution in [1.29, 1.82) is 0 Å². The topological polar surface area (TPSA) is 79.6 Å². The van der Waals surface area contributed by atoms with Crippen LogP contribution < -0.4 is 4.72 Å². The average Bonchev–Trinajstić information content (AvgIpc) is 3.10. The number of hydrogen-bond donors (Lipinski definition) is 1. The second-order valence-corrected chi connectivity index (χ2v) is 7.67. The van der Waals surface area contributed by atoms with Crippen molar-refractivity contribution in [3.8, 4) is 0 Å². The van der Waals surface area contributed by atoms with Crippen molar-refractivity contribution in [2.24, 2.45) is 5.92 Å². The molecule has 0 bridgehead atoms. The van der Waals surface area contributed by atoms with E-state index in [1.54, 1.807) is 24.3 Å². The van der Waals surface area contributed by atoms with E-state index in [4.69, 9.17) is 4.42 Å². The van der Waals surface area contributed by atoms with Crippen molar-refractivity contribution in [2.75, 3.05) is 24.9 Å². The molecule has 1 N–H and O–H groups in total. The van der Waals surface area contributed by atoms with Crippen LogP contribution in [0.15, 0.2) is 52.2 Å². The Kier molecular flexibility index (Phi) is 4.73. The van der Waals surface area contributed by atoms with Crippen LogP contribution in [0, 0.1) is 5.92 Å². The molecule has 128 valence electrons. The van der Waals surface area contributed by atoms with Gasteiger partial charge in [0, 0.05) is 17.2 Å². The summed E-state index contributed by atoms with van der Waals surface area (Å²) in [5, 5.41) is -0.158. The molecule has 7 heteroatoms. The summed E-state index contributed by atoms with van der Waals surface area (Å²) in [5.74, 6) is 0.0697. The summed E-state index contributed by atoms with van der Waals surface area (Å²) in [5.41, 5.74) is 0.884.